The van der Waals surface area contributed by atoms with Crippen molar-refractivity contribution >= 4 is 24.7 Å². The lowest BCUT2D eigenvalue weighted by Crippen LogP contribution is -1.79. The zero-order valence-corrected chi connectivity index (χ0v) is 11.8. The van der Waals surface area contributed by atoms with Gasteiger partial charge in [-0.3, -0.25) is 14.9 Å². The maximum atomic E-state index is 9.81. The van der Waals surface area contributed by atoms with E-state index in [1.807, 2.05) is 43.3 Å². The first kappa shape index (κ1) is 21.9. The Morgan fingerprint density at radius 1 is 1.17 bits per heavy atom. The largest absolute Gasteiger partial charge is 0.281 e. The van der Waals surface area contributed by atoms with E-state index in [-0.39, 0.29) is 5.24 Å². The van der Waals surface area contributed by atoms with Crippen molar-refractivity contribution in [2.24, 2.45) is 0 Å². The third-order valence-electron chi connectivity index (χ3n) is 1.11. The first-order valence-corrected chi connectivity index (χ1v) is 5.72. The zero-order chi connectivity index (χ0) is 14.8. The third kappa shape index (κ3) is 46.7. The van der Waals surface area contributed by atoms with Crippen LogP contribution in [0, 0.1) is 10.1 Å². The highest BCUT2D eigenvalue weighted by atomic mass is 35.5. The van der Waals surface area contributed by atoms with Crippen molar-refractivity contribution in [3.8, 4) is 0 Å². The number of carbonyl (C=O) groups excluding carboxylic acids is 1. The van der Waals surface area contributed by atoms with Crippen LogP contribution < -0.4 is 0 Å². The summed E-state index contributed by atoms with van der Waals surface area (Å²) in [5.74, 6) is 0. The lowest BCUT2D eigenvalue weighted by Gasteiger charge is -1.77. The topological polar surface area (TPSA) is 60.2 Å². The number of carbonyl (C=O) groups is 1. The van der Waals surface area contributed by atoms with Crippen LogP contribution in [0.3, 0.4) is 0 Å². The molecule has 0 atom stereocenters. The molecule has 0 bridgehead atoms. The summed E-state index contributed by atoms with van der Waals surface area (Å²) in [6, 6.07) is 12.0. The van der Waals surface area contributed by atoms with E-state index in [1.54, 1.807) is 0 Å². The molecule has 0 heterocycles. The van der Waals surface area contributed by atoms with Gasteiger partial charge < -0.3 is 0 Å². The molecule has 0 fully saturated rings. The molecule has 18 heavy (non-hydrogen) atoms. The standard InChI is InChI=1S/C6H6.C4H7ClO.CH3B.CH3NO2/c1-2-4-6-5-3-1;1-2-3-4(5)6;1-2;1-2(3)4/h1-6H;2-3H2,1H3;1H3;1H3. The number of benzene rings is 1. The molecule has 4 nitrogen and oxygen atoms in total. The highest BCUT2D eigenvalue weighted by Crippen LogP contribution is 1.90. The van der Waals surface area contributed by atoms with Crippen molar-refractivity contribution in [3.63, 3.8) is 0 Å². The minimum atomic E-state index is -0.500. The second-order valence-corrected chi connectivity index (χ2v) is 3.12. The van der Waals surface area contributed by atoms with E-state index in [2.05, 4.69) is 7.85 Å². The quantitative estimate of drug-likeness (QED) is 0.359. The molecule has 1 aromatic carbocycles. The summed E-state index contributed by atoms with van der Waals surface area (Å²) in [7, 11) is 5.39. The third-order valence-corrected chi connectivity index (χ3v) is 1.30. The summed E-state index contributed by atoms with van der Waals surface area (Å²) in [6.45, 7) is 3.42. The summed E-state index contributed by atoms with van der Waals surface area (Å²) in [5.41, 5.74) is 0. The summed E-state index contributed by atoms with van der Waals surface area (Å²) < 4.78 is 0. The van der Waals surface area contributed by atoms with E-state index < -0.39 is 4.92 Å². The Hall–Kier alpha value is -1.36. The van der Waals surface area contributed by atoms with Gasteiger partial charge in [0, 0.05) is 11.3 Å². The van der Waals surface area contributed by atoms with E-state index in [9.17, 15) is 4.79 Å². The zero-order valence-electron chi connectivity index (χ0n) is 11.0. The number of halogens is 1. The average Bonchev–Trinajstić information content (AvgIpc) is 2.34. The minimum absolute atomic E-state index is 0.238. The molecule has 0 unspecified atom stereocenters. The molecule has 0 aliphatic heterocycles. The molecule has 0 saturated heterocycles. The lowest BCUT2D eigenvalue weighted by atomic mass is 10.2. The summed E-state index contributed by atoms with van der Waals surface area (Å²) in [6.07, 6.45) is 1.35. The second-order valence-electron chi connectivity index (χ2n) is 2.70. The smallest absolute Gasteiger partial charge is 0.221 e. The van der Waals surface area contributed by atoms with E-state index in [0.717, 1.165) is 13.5 Å². The molecule has 0 saturated carbocycles. The van der Waals surface area contributed by atoms with Gasteiger partial charge in [0.2, 0.25) is 5.24 Å². The molecule has 0 amide bonds. The van der Waals surface area contributed by atoms with E-state index >= 15 is 0 Å². The summed E-state index contributed by atoms with van der Waals surface area (Å²) >= 11 is 4.94. The van der Waals surface area contributed by atoms with Gasteiger partial charge in [-0.2, -0.15) is 0 Å². The Balaban J connectivity index is -0.000000179. The molecule has 0 spiro atoms. The lowest BCUT2D eigenvalue weighted by molar-refractivity contribution is -0.445. The van der Waals surface area contributed by atoms with Crippen LogP contribution in [0.1, 0.15) is 19.8 Å². The molecule has 0 aromatic heterocycles. The van der Waals surface area contributed by atoms with Gasteiger partial charge in [-0.25, -0.2) is 0 Å². The van der Waals surface area contributed by atoms with Crippen molar-refractivity contribution < 1.29 is 9.72 Å². The summed E-state index contributed by atoms with van der Waals surface area (Å²) in [5, 5.41) is 8.57. The predicted octanol–water partition coefficient (Wildman–Crippen LogP) is 3.33. The van der Waals surface area contributed by atoms with Gasteiger partial charge in [0.1, 0.15) is 0 Å². The highest BCUT2D eigenvalue weighted by molar-refractivity contribution is 6.63. The van der Waals surface area contributed by atoms with E-state index in [1.165, 1.54) is 6.82 Å². The van der Waals surface area contributed by atoms with Crippen molar-refractivity contribution in [1.82, 2.24) is 0 Å². The second kappa shape index (κ2) is 21.0. The Morgan fingerprint density at radius 2 is 1.39 bits per heavy atom. The van der Waals surface area contributed by atoms with Gasteiger partial charge in [-0.05, 0) is 18.0 Å². The molecule has 2 radical (unpaired) electrons. The van der Waals surface area contributed by atoms with Crippen molar-refractivity contribution in [2.45, 2.75) is 26.6 Å². The van der Waals surface area contributed by atoms with Crippen LogP contribution in [0.25, 0.3) is 0 Å². The molecule has 100 valence electrons. The average molecular weight is 272 g/mol. The molecule has 1 rings (SSSR count). The van der Waals surface area contributed by atoms with Crippen LogP contribution in [0.5, 0.6) is 0 Å². The summed E-state index contributed by atoms with van der Waals surface area (Å²) in [4.78, 5) is 18.1. The van der Waals surface area contributed by atoms with E-state index in [4.69, 9.17) is 21.7 Å². The minimum Gasteiger partial charge on any atom is -0.281 e. The monoisotopic (exact) mass is 271 g/mol. The van der Waals surface area contributed by atoms with Crippen molar-refractivity contribution in [2.75, 3.05) is 7.05 Å². The number of hydrogen-bond donors (Lipinski definition) is 0. The predicted molar refractivity (Wildman–Crippen MR) is 76.7 cm³/mol. The Morgan fingerprint density at radius 3 is 1.44 bits per heavy atom. The Labute approximate surface area is 115 Å². The van der Waals surface area contributed by atoms with Crippen LogP contribution >= 0.6 is 11.6 Å². The number of nitro groups is 1. The van der Waals surface area contributed by atoms with Crippen molar-refractivity contribution in [1.29, 1.82) is 0 Å². The van der Waals surface area contributed by atoms with Gasteiger partial charge in [-0.1, -0.05) is 50.1 Å². The normalized spacial score (nSPS) is 7.11. The number of rotatable bonds is 2. The van der Waals surface area contributed by atoms with Gasteiger partial charge >= 0.3 is 0 Å². The Bertz CT molecular complexity index is 253. The fourth-order valence-corrected chi connectivity index (χ4v) is 0.770. The SMILES string of the molecule is CCCC(=O)Cl.C[N+](=O)[O-].[B]C.c1ccccc1. The van der Waals surface area contributed by atoms with Crippen molar-refractivity contribution in [3.05, 3.63) is 46.5 Å². The van der Waals surface area contributed by atoms with Gasteiger partial charge in [0.05, 0.1) is 7.85 Å². The molecule has 0 aliphatic rings. The molecule has 6 heteroatoms. The molecule has 0 aliphatic carbocycles. The fourth-order valence-electron chi connectivity index (χ4n) is 0.581. The van der Waals surface area contributed by atoms with Crippen LogP contribution in [0.2, 0.25) is 6.82 Å². The van der Waals surface area contributed by atoms with E-state index in [0.29, 0.717) is 6.42 Å². The molecular weight excluding hydrogens is 252 g/mol. The Kier molecular flexibility index (Phi) is 25.5. The fraction of sp³-hybridized carbons (Fsp3) is 0.417. The molecule has 0 N–H and O–H groups in total. The molecular formula is C12H19BClNO3. The number of hydrogen-bond acceptors (Lipinski definition) is 3. The van der Waals surface area contributed by atoms with Crippen LogP contribution in [0.15, 0.2) is 36.4 Å². The number of nitrogens with zero attached hydrogens (tertiary/aromatic N) is 1. The van der Waals surface area contributed by atoms with Crippen LogP contribution in [-0.2, 0) is 4.79 Å². The van der Waals surface area contributed by atoms with Crippen LogP contribution in [0.4, 0.5) is 0 Å². The highest BCUT2D eigenvalue weighted by Gasteiger charge is 1.87. The first-order chi connectivity index (χ1) is 8.50. The first-order valence-electron chi connectivity index (χ1n) is 5.34. The van der Waals surface area contributed by atoms with Gasteiger partial charge in [0.15, 0.2) is 7.05 Å². The maximum Gasteiger partial charge on any atom is 0.221 e. The van der Waals surface area contributed by atoms with Gasteiger partial charge in [0.25, 0.3) is 0 Å². The maximum absolute atomic E-state index is 9.81. The van der Waals surface area contributed by atoms with Crippen LogP contribution in [-0.4, -0.2) is 25.1 Å². The van der Waals surface area contributed by atoms with Gasteiger partial charge in [-0.15, -0.1) is 0 Å². The molecule has 1 aromatic rings.